The molecule has 2 aromatic rings. The number of amides is 1. The van der Waals surface area contributed by atoms with Crippen molar-refractivity contribution in [1.82, 2.24) is 5.43 Å². The van der Waals surface area contributed by atoms with E-state index in [0.717, 1.165) is 17.1 Å². The summed E-state index contributed by atoms with van der Waals surface area (Å²) < 4.78 is 5.21. The summed E-state index contributed by atoms with van der Waals surface area (Å²) in [6.07, 6.45) is 0.305. The maximum absolute atomic E-state index is 11.2. The monoisotopic (exact) mass is 302 g/mol. The van der Waals surface area contributed by atoms with Gasteiger partial charge in [0.2, 0.25) is 5.91 Å². The number of hydrazine groups is 1. The number of hydrogen-bond donors (Lipinski definition) is 2. The van der Waals surface area contributed by atoms with Crippen LogP contribution >= 0.6 is 11.8 Å². The Morgan fingerprint density at radius 2 is 1.90 bits per heavy atom. The molecule has 2 aromatic carbocycles. The zero-order valence-electron chi connectivity index (χ0n) is 11.8. The van der Waals surface area contributed by atoms with E-state index in [9.17, 15) is 4.79 Å². The van der Waals surface area contributed by atoms with Gasteiger partial charge in [-0.05, 0) is 29.3 Å². The van der Waals surface area contributed by atoms with Gasteiger partial charge in [-0.2, -0.15) is 0 Å². The molecule has 0 aliphatic carbocycles. The first-order chi connectivity index (χ1) is 10.2. The molecular formula is C16H18N2O2S. The molecule has 5 heteroatoms. The van der Waals surface area contributed by atoms with Crippen LogP contribution in [-0.4, -0.2) is 13.0 Å². The van der Waals surface area contributed by atoms with E-state index in [0.29, 0.717) is 6.42 Å². The summed E-state index contributed by atoms with van der Waals surface area (Å²) in [5.41, 5.74) is 4.29. The zero-order chi connectivity index (χ0) is 15.1. The predicted molar refractivity (Wildman–Crippen MR) is 85.0 cm³/mol. The average molecular weight is 302 g/mol. The van der Waals surface area contributed by atoms with E-state index >= 15 is 0 Å². The molecule has 21 heavy (non-hydrogen) atoms. The van der Waals surface area contributed by atoms with Gasteiger partial charge in [0.15, 0.2) is 0 Å². The standard InChI is InChI=1S/C16H18N2O2S/c1-20-14-3-2-4-15(10-14)21-11-13-7-5-12(6-8-13)9-16(19)18-17/h2-8,10H,9,11,17H2,1H3,(H,18,19). The number of ether oxygens (including phenoxy) is 1. The number of nitrogens with two attached hydrogens (primary N) is 1. The maximum atomic E-state index is 11.2. The molecule has 2 rings (SSSR count). The van der Waals surface area contributed by atoms with Crippen LogP contribution < -0.4 is 16.0 Å². The van der Waals surface area contributed by atoms with Crippen molar-refractivity contribution >= 4 is 17.7 Å². The second kappa shape index (κ2) is 7.71. The first-order valence-corrected chi connectivity index (χ1v) is 7.54. The number of hydrogen-bond acceptors (Lipinski definition) is 4. The summed E-state index contributed by atoms with van der Waals surface area (Å²) in [4.78, 5) is 12.4. The van der Waals surface area contributed by atoms with Crippen molar-refractivity contribution in [2.24, 2.45) is 5.84 Å². The van der Waals surface area contributed by atoms with Crippen molar-refractivity contribution in [3.63, 3.8) is 0 Å². The summed E-state index contributed by atoms with van der Waals surface area (Å²) in [5.74, 6) is 6.62. The fraction of sp³-hybridized carbons (Fsp3) is 0.188. The Morgan fingerprint density at radius 3 is 2.57 bits per heavy atom. The van der Waals surface area contributed by atoms with E-state index in [-0.39, 0.29) is 5.91 Å². The van der Waals surface area contributed by atoms with E-state index < -0.39 is 0 Å². The number of rotatable bonds is 6. The normalized spacial score (nSPS) is 10.2. The van der Waals surface area contributed by atoms with Crippen molar-refractivity contribution in [1.29, 1.82) is 0 Å². The van der Waals surface area contributed by atoms with Gasteiger partial charge >= 0.3 is 0 Å². The van der Waals surface area contributed by atoms with Crippen LogP contribution in [0.1, 0.15) is 11.1 Å². The van der Waals surface area contributed by atoms with Crippen LogP contribution in [0.15, 0.2) is 53.4 Å². The number of methoxy groups -OCH3 is 1. The van der Waals surface area contributed by atoms with Crippen LogP contribution in [0.5, 0.6) is 5.75 Å². The van der Waals surface area contributed by atoms with Gasteiger partial charge < -0.3 is 4.74 Å². The van der Waals surface area contributed by atoms with E-state index in [1.165, 1.54) is 10.5 Å². The topological polar surface area (TPSA) is 64.3 Å². The molecule has 0 aliphatic rings. The van der Waals surface area contributed by atoms with Gasteiger partial charge in [-0.15, -0.1) is 11.8 Å². The van der Waals surface area contributed by atoms with Crippen molar-refractivity contribution in [3.05, 3.63) is 59.7 Å². The summed E-state index contributed by atoms with van der Waals surface area (Å²) in [5, 5.41) is 0. The van der Waals surface area contributed by atoms with Gasteiger partial charge in [-0.25, -0.2) is 5.84 Å². The van der Waals surface area contributed by atoms with Gasteiger partial charge in [0.1, 0.15) is 5.75 Å². The van der Waals surface area contributed by atoms with E-state index in [4.69, 9.17) is 10.6 Å². The largest absolute Gasteiger partial charge is 0.497 e. The Bertz CT molecular complexity index is 599. The van der Waals surface area contributed by atoms with Crippen molar-refractivity contribution in [3.8, 4) is 5.75 Å². The van der Waals surface area contributed by atoms with E-state index in [1.807, 2.05) is 42.5 Å². The lowest BCUT2D eigenvalue weighted by atomic mass is 10.1. The molecule has 0 saturated carbocycles. The van der Waals surface area contributed by atoms with Crippen molar-refractivity contribution < 1.29 is 9.53 Å². The molecule has 0 saturated heterocycles. The second-order valence-corrected chi connectivity index (χ2v) is 5.58. The average Bonchev–Trinajstić information content (AvgIpc) is 2.54. The molecule has 0 aliphatic heterocycles. The highest BCUT2D eigenvalue weighted by Crippen LogP contribution is 2.26. The Kier molecular flexibility index (Phi) is 5.66. The highest BCUT2D eigenvalue weighted by atomic mass is 32.2. The van der Waals surface area contributed by atoms with E-state index in [1.54, 1.807) is 18.9 Å². The molecule has 0 aromatic heterocycles. The predicted octanol–water partition coefficient (Wildman–Crippen LogP) is 2.52. The third kappa shape index (κ3) is 4.81. The lowest BCUT2D eigenvalue weighted by molar-refractivity contribution is -0.120. The van der Waals surface area contributed by atoms with Crippen LogP contribution in [0.3, 0.4) is 0 Å². The number of benzene rings is 2. The molecule has 0 unspecified atom stereocenters. The van der Waals surface area contributed by atoms with Crippen molar-refractivity contribution in [2.45, 2.75) is 17.1 Å². The van der Waals surface area contributed by atoms with Crippen molar-refractivity contribution in [2.75, 3.05) is 7.11 Å². The fourth-order valence-corrected chi connectivity index (χ4v) is 2.75. The van der Waals surface area contributed by atoms with Crippen LogP contribution in [0.4, 0.5) is 0 Å². The summed E-state index contributed by atoms with van der Waals surface area (Å²) in [7, 11) is 1.67. The van der Waals surface area contributed by atoms with Gasteiger partial charge in [-0.3, -0.25) is 10.2 Å². The molecule has 0 atom stereocenters. The van der Waals surface area contributed by atoms with Crippen LogP contribution in [0.25, 0.3) is 0 Å². The molecule has 0 radical (unpaired) electrons. The summed E-state index contributed by atoms with van der Waals surface area (Å²) >= 11 is 1.75. The highest BCUT2D eigenvalue weighted by Gasteiger charge is 2.02. The minimum Gasteiger partial charge on any atom is -0.497 e. The Labute approximate surface area is 128 Å². The second-order valence-electron chi connectivity index (χ2n) is 4.53. The minimum absolute atomic E-state index is 0.187. The first-order valence-electron chi connectivity index (χ1n) is 6.55. The molecule has 4 nitrogen and oxygen atoms in total. The Balaban J connectivity index is 1.92. The molecular weight excluding hydrogens is 284 g/mol. The summed E-state index contributed by atoms with van der Waals surface area (Å²) in [6, 6.07) is 16.0. The Morgan fingerprint density at radius 1 is 1.19 bits per heavy atom. The van der Waals surface area contributed by atoms with Gasteiger partial charge in [0.25, 0.3) is 0 Å². The van der Waals surface area contributed by atoms with Crippen LogP contribution in [0.2, 0.25) is 0 Å². The van der Waals surface area contributed by atoms with Gasteiger partial charge in [0.05, 0.1) is 13.5 Å². The van der Waals surface area contributed by atoms with E-state index in [2.05, 4.69) is 11.5 Å². The molecule has 0 bridgehead atoms. The minimum atomic E-state index is -0.187. The molecule has 0 spiro atoms. The molecule has 0 heterocycles. The third-order valence-corrected chi connectivity index (χ3v) is 4.06. The smallest absolute Gasteiger partial charge is 0.238 e. The van der Waals surface area contributed by atoms with Gasteiger partial charge in [-0.1, -0.05) is 30.3 Å². The third-order valence-electron chi connectivity index (χ3n) is 3.00. The lowest BCUT2D eigenvalue weighted by Crippen LogP contribution is -2.31. The molecule has 0 fully saturated rings. The first kappa shape index (κ1) is 15.4. The number of carbonyl (C=O) groups is 1. The highest BCUT2D eigenvalue weighted by molar-refractivity contribution is 7.98. The number of nitrogens with one attached hydrogen (secondary N) is 1. The SMILES string of the molecule is COc1cccc(SCc2ccc(CC(=O)NN)cc2)c1. The molecule has 1 amide bonds. The Hall–Kier alpha value is -1.98. The quantitative estimate of drug-likeness (QED) is 0.372. The maximum Gasteiger partial charge on any atom is 0.238 e. The zero-order valence-corrected chi connectivity index (χ0v) is 12.7. The lowest BCUT2D eigenvalue weighted by Gasteiger charge is -2.06. The molecule has 3 N–H and O–H groups in total. The van der Waals surface area contributed by atoms with Gasteiger partial charge in [0, 0.05) is 10.6 Å². The number of carbonyl (C=O) groups excluding carboxylic acids is 1. The van der Waals surface area contributed by atoms with Crippen LogP contribution in [0, 0.1) is 0 Å². The fourth-order valence-electron chi connectivity index (χ4n) is 1.85. The summed E-state index contributed by atoms with van der Waals surface area (Å²) in [6.45, 7) is 0. The molecule has 110 valence electrons. The van der Waals surface area contributed by atoms with Crippen LogP contribution in [-0.2, 0) is 17.0 Å². The number of thioether (sulfide) groups is 1.